The molecule has 1 N–H and O–H groups in total. The van der Waals surface area contributed by atoms with Crippen LogP contribution in [0.15, 0.2) is 101 Å². The van der Waals surface area contributed by atoms with Gasteiger partial charge in [0.05, 0.1) is 16.7 Å². The van der Waals surface area contributed by atoms with Crippen molar-refractivity contribution in [3.05, 3.63) is 91.0 Å². The normalized spacial score (nSPS) is 11.4. The summed E-state index contributed by atoms with van der Waals surface area (Å²) < 4.78 is 0. The van der Waals surface area contributed by atoms with Gasteiger partial charge in [-0.2, -0.15) is 0 Å². The molecule has 29 heavy (non-hydrogen) atoms. The fourth-order valence-electron chi connectivity index (χ4n) is 3.21. The average molecular weight is 376 g/mol. The lowest BCUT2D eigenvalue weighted by atomic mass is 10.1. The van der Waals surface area contributed by atoms with Gasteiger partial charge in [0.2, 0.25) is 0 Å². The van der Waals surface area contributed by atoms with Crippen LogP contribution in [0.3, 0.4) is 0 Å². The van der Waals surface area contributed by atoms with Gasteiger partial charge in [-0.1, -0.05) is 48.5 Å². The number of para-hydroxylation sites is 2. The minimum Gasteiger partial charge on any atom is -0.506 e. The fraction of sp³-hybridized carbons (Fsp3) is 0. The topological polar surface area (TPSA) is 70.7 Å². The summed E-state index contributed by atoms with van der Waals surface area (Å²) in [4.78, 5) is 9.13. The Kier molecular flexibility index (Phi) is 4.18. The van der Waals surface area contributed by atoms with E-state index in [1.54, 1.807) is 18.2 Å². The van der Waals surface area contributed by atoms with Crippen molar-refractivity contribution >= 4 is 33.3 Å². The molecule has 138 valence electrons. The number of azo groups is 1. The number of hydrogen-bond acceptors (Lipinski definition) is 5. The number of rotatable bonds is 3. The Morgan fingerprint density at radius 1 is 0.621 bits per heavy atom. The van der Waals surface area contributed by atoms with Gasteiger partial charge >= 0.3 is 0 Å². The van der Waals surface area contributed by atoms with Crippen LogP contribution in [0.1, 0.15) is 0 Å². The standard InChI is InChI=1S/C24H16N4O/c29-23-15-18(21-12-9-16-5-1-3-7-19(16)25-21)10-13-22(23)27-28-24-14-11-17-6-2-4-8-20(17)26-24/h1-15,29H. The molecule has 0 aliphatic rings. The molecule has 0 unspecified atom stereocenters. The van der Waals surface area contributed by atoms with Crippen LogP contribution in [-0.2, 0) is 0 Å². The predicted molar refractivity (Wildman–Crippen MR) is 115 cm³/mol. The van der Waals surface area contributed by atoms with Gasteiger partial charge < -0.3 is 5.11 Å². The van der Waals surface area contributed by atoms with E-state index in [2.05, 4.69) is 20.2 Å². The number of phenols is 1. The maximum absolute atomic E-state index is 10.4. The molecule has 2 heterocycles. The van der Waals surface area contributed by atoms with E-state index in [0.717, 1.165) is 33.1 Å². The second kappa shape index (κ2) is 7.13. The van der Waals surface area contributed by atoms with Gasteiger partial charge in [-0.05, 0) is 42.5 Å². The summed E-state index contributed by atoms with van der Waals surface area (Å²) in [6, 6.07) is 28.7. The molecule has 0 fully saturated rings. The molecule has 0 atom stereocenters. The van der Waals surface area contributed by atoms with Crippen LogP contribution < -0.4 is 0 Å². The van der Waals surface area contributed by atoms with E-state index in [0.29, 0.717) is 11.5 Å². The second-order valence-electron chi connectivity index (χ2n) is 6.65. The van der Waals surface area contributed by atoms with E-state index in [-0.39, 0.29) is 5.75 Å². The molecule has 5 rings (SSSR count). The van der Waals surface area contributed by atoms with Crippen molar-refractivity contribution in [2.75, 3.05) is 0 Å². The van der Waals surface area contributed by atoms with Crippen LogP contribution >= 0.6 is 0 Å². The van der Waals surface area contributed by atoms with Crippen LogP contribution in [0.25, 0.3) is 33.1 Å². The number of nitrogens with zero attached hydrogens (tertiary/aromatic N) is 4. The lowest BCUT2D eigenvalue weighted by Crippen LogP contribution is -1.85. The van der Waals surface area contributed by atoms with Crippen molar-refractivity contribution in [2.24, 2.45) is 10.2 Å². The number of hydrogen-bond donors (Lipinski definition) is 1. The molecular formula is C24H16N4O. The number of fused-ring (bicyclic) bond motifs is 2. The van der Waals surface area contributed by atoms with Crippen LogP contribution in [-0.4, -0.2) is 15.1 Å². The van der Waals surface area contributed by atoms with Crippen molar-refractivity contribution in [3.8, 4) is 17.0 Å². The minimum atomic E-state index is 0.0435. The van der Waals surface area contributed by atoms with Gasteiger partial charge in [0.15, 0.2) is 5.82 Å². The van der Waals surface area contributed by atoms with Crippen LogP contribution in [0.4, 0.5) is 11.5 Å². The highest BCUT2D eigenvalue weighted by atomic mass is 16.3. The smallest absolute Gasteiger partial charge is 0.174 e. The number of phenolic OH excluding ortho intramolecular Hbond substituents is 1. The Bertz CT molecular complexity index is 1380. The summed E-state index contributed by atoms with van der Waals surface area (Å²) in [5.41, 5.74) is 3.75. The predicted octanol–water partition coefficient (Wildman–Crippen LogP) is 6.57. The zero-order valence-electron chi connectivity index (χ0n) is 15.4. The number of aromatic hydroxyl groups is 1. The Hall–Kier alpha value is -4.12. The fourth-order valence-corrected chi connectivity index (χ4v) is 3.21. The Morgan fingerprint density at radius 2 is 1.31 bits per heavy atom. The molecular weight excluding hydrogens is 360 g/mol. The van der Waals surface area contributed by atoms with Crippen LogP contribution in [0.2, 0.25) is 0 Å². The first-order chi connectivity index (χ1) is 14.3. The zero-order chi connectivity index (χ0) is 19.6. The molecule has 0 amide bonds. The first-order valence-electron chi connectivity index (χ1n) is 9.23. The second-order valence-corrected chi connectivity index (χ2v) is 6.65. The molecule has 0 saturated heterocycles. The summed E-state index contributed by atoms with van der Waals surface area (Å²) >= 11 is 0. The van der Waals surface area contributed by atoms with Crippen molar-refractivity contribution in [3.63, 3.8) is 0 Å². The molecule has 5 nitrogen and oxygen atoms in total. The molecule has 0 saturated carbocycles. The van der Waals surface area contributed by atoms with Gasteiger partial charge in [0.25, 0.3) is 0 Å². The third-order valence-electron chi connectivity index (χ3n) is 4.71. The largest absolute Gasteiger partial charge is 0.506 e. The van der Waals surface area contributed by atoms with Crippen molar-refractivity contribution in [1.29, 1.82) is 0 Å². The maximum atomic E-state index is 10.4. The van der Waals surface area contributed by atoms with Gasteiger partial charge in [-0.15, -0.1) is 10.2 Å². The summed E-state index contributed by atoms with van der Waals surface area (Å²) in [6.45, 7) is 0. The summed E-state index contributed by atoms with van der Waals surface area (Å²) in [7, 11) is 0. The molecule has 2 aromatic heterocycles. The van der Waals surface area contributed by atoms with Crippen LogP contribution in [0, 0.1) is 0 Å². The Balaban J connectivity index is 1.44. The maximum Gasteiger partial charge on any atom is 0.174 e. The van der Waals surface area contributed by atoms with E-state index in [9.17, 15) is 5.11 Å². The first kappa shape index (κ1) is 17.0. The third kappa shape index (κ3) is 3.41. The lowest BCUT2D eigenvalue weighted by Gasteiger charge is -2.05. The lowest BCUT2D eigenvalue weighted by molar-refractivity contribution is 0.476. The molecule has 5 aromatic rings. The minimum absolute atomic E-state index is 0.0435. The van der Waals surface area contributed by atoms with Gasteiger partial charge in [-0.3, -0.25) is 0 Å². The van der Waals surface area contributed by atoms with E-state index in [1.807, 2.05) is 72.8 Å². The Morgan fingerprint density at radius 3 is 2.07 bits per heavy atom. The third-order valence-corrected chi connectivity index (χ3v) is 4.71. The molecule has 0 aliphatic carbocycles. The number of pyridine rings is 2. The number of benzene rings is 3. The average Bonchev–Trinajstić information content (AvgIpc) is 2.78. The van der Waals surface area contributed by atoms with E-state index < -0.39 is 0 Å². The van der Waals surface area contributed by atoms with Gasteiger partial charge in [0.1, 0.15) is 11.4 Å². The molecule has 0 aliphatic heterocycles. The zero-order valence-corrected chi connectivity index (χ0v) is 15.4. The molecule has 5 heteroatoms. The van der Waals surface area contributed by atoms with Crippen LogP contribution in [0.5, 0.6) is 5.75 Å². The quantitative estimate of drug-likeness (QED) is 0.362. The van der Waals surface area contributed by atoms with E-state index >= 15 is 0 Å². The van der Waals surface area contributed by atoms with E-state index in [1.165, 1.54) is 0 Å². The van der Waals surface area contributed by atoms with Crippen molar-refractivity contribution < 1.29 is 5.11 Å². The monoisotopic (exact) mass is 376 g/mol. The molecule has 0 bridgehead atoms. The summed E-state index contributed by atoms with van der Waals surface area (Å²) in [6.07, 6.45) is 0. The highest BCUT2D eigenvalue weighted by Crippen LogP contribution is 2.33. The van der Waals surface area contributed by atoms with Crippen molar-refractivity contribution in [2.45, 2.75) is 0 Å². The number of aromatic nitrogens is 2. The first-order valence-corrected chi connectivity index (χ1v) is 9.23. The Labute approximate surface area is 167 Å². The van der Waals surface area contributed by atoms with Crippen molar-refractivity contribution in [1.82, 2.24) is 9.97 Å². The van der Waals surface area contributed by atoms with E-state index in [4.69, 9.17) is 0 Å². The highest BCUT2D eigenvalue weighted by molar-refractivity contribution is 5.82. The summed E-state index contributed by atoms with van der Waals surface area (Å²) in [5, 5.41) is 20.9. The summed E-state index contributed by atoms with van der Waals surface area (Å²) in [5.74, 6) is 0.533. The molecule has 3 aromatic carbocycles. The molecule has 0 radical (unpaired) electrons. The van der Waals surface area contributed by atoms with Gasteiger partial charge in [-0.25, -0.2) is 9.97 Å². The molecule has 0 spiro atoms. The highest BCUT2D eigenvalue weighted by Gasteiger charge is 2.06. The van der Waals surface area contributed by atoms with Gasteiger partial charge in [0, 0.05) is 16.3 Å². The SMILES string of the molecule is Oc1cc(-c2ccc3ccccc3n2)ccc1N=Nc1ccc2ccccc2n1.